The van der Waals surface area contributed by atoms with Crippen LogP contribution in [0, 0.1) is 13.8 Å². The van der Waals surface area contributed by atoms with Crippen LogP contribution in [0.1, 0.15) is 18.1 Å². The molecule has 3 nitrogen and oxygen atoms in total. The Morgan fingerprint density at radius 2 is 1.91 bits per heavy atom. The van der Waals surface area contributed by atoms with E-state index < -0.39 is 6.10 Å². The molecular formula is C17H17BrClNO2. The predicted molar refractivity (Wildman–Crippen MR) is 93.8 cm³/mol. The zero-order chi connectivity index (χ0) is 16.3. The number of carbonyl (C=O) groups excluding carboxylic acids is 1. The zero-order valence-electron chi connectivity index (χ0n) is 12.6. The van der Waals surface area contributed by atoms with Gasteiger partial charge in [0.05, 0.1) is 5.02 Å². The molecule has 1 amide bonds. The summed E-state index contributed by atoms with van der Waals surface area (Å²) in [5, 5.41) is 3.33. The molecule has 116 valence electrons. The van der Waals surface area contributed by atoms with Crippen molar-refractivity contribution in [2.45, 2.75) is 26.9 Å². The van der Waals surface area contributed by atoms with Crippen LogP contribution in [-0.2, 0) is 4.79 Å². The molecule has 22 heavy (non-hydrogen) atoms. The lowest BCUT2D eigenvalue weighted by atomic mass is 10.1. The van der Waals surface area contributed by atoms with E-state index in [9.17, 15) is 4.79 Å². The summed E-state index contributed by atoms with van der Waals surface area (Å²) in [5.41, 5.74) is 2.95. The molecule has 0 spiro atoms. The molecule has 0 bridgehead atoms. The Morgan fingerprint density at radius 3 is 2.55 bits per heavy atom. The molecule has 0 heterocycles. The predicted octanol–water partition coefficient (Wildman–Crippen LogP) is 5.13. The highest BCUT2D eigenvalue weighted by Gasteiger charge is 2.15. The lowest BCUT2D eigenvalue weighted by Gasteiger charge is -2.16. The standard InChI is InChI=1S/C17H17BrClNO2/c1-10-4-6-14(8-11(10)2)22-12(3)17(21)20-13-5-7-15(18)16(19)9-13/h4-9,12H,1-3H3,(H,20,21)/t12-/m1/s1. The molecule has 1 atom stereocenters. The maximum atomic E-state index is 12.2. The maximum absolute atomic E-state index is 12.2. The summed E-state index contributed by atoms with van der Waals surface area (Å²) in [5.74, 6) is 0.455. The fourth-order valence-electron chi connectivity index (χ4n) is 1.86. The van der Waals surface area contributed by atoms with E-state index in [0.29, 0.717) is 16.5 Å². The summed E-state index contributed by atoms with van der Waals surface area (Å²) in [6.45, 7) is 5.76. The van der Waals surface area contributed by atoms with Gasteiger partial charge in [0.2, 0.25) is 0 Å². The average Bonchev–Trinajstić information content (AvgIpc) is 2.46. The summed E-state index contributed by atoms with van der Waals surface area (Å²) >= 11 is 9.32. The average molecular weight is 383 g/mol. The molecule has 0 saturated heterocycles. The fourth-order valence-corrected chi connectivity index (χ4v) is 2.29. The van der Waals surface area contributed by atoms with E-state index in [1.54, 1.807) is 25.1 Å². The van der Waals surface area contributed by atoms with Crippen LogP contribution in [-0.4, -0.2) is 12.0 Å². The molecule has 0 aromatic heterocycles. The Morgan fingerprint density at radius 1 is 1.18 bits per heavy atom. The third-order valence-corrected chi connectivity index (χ3v) is 4.58. The molecule has 0 saturated carbocycles. The number of rotatable bonds is 4. The highest BCUT2D eigenvalue weighted by Crippen LogP contribution is 2.25. The van der Waals surface area contributed by atoms with E-state index in [-0.39, 0.29) is 5.91 Å². The number of halogens is 2. The normalized spacial score (nSPS) is 11.9. The first-order valence-electron chi connectivity index (χ1n) is 6.86. The van der Waals surface area contributed by atoms with Gasteiger partial charge < -0.3 is 10.1 Å². The second kappa shape index (κ2) is 7.16. The largest absolute Gasteiger partial charge is 0.481 e. The topological polar surface area (TPSA) is 38.3 Å². The van der Waals surface area contributed by atoms with Gasteiger partial charge in [-0.25, -0.2) is 0 Å². The van der Waals surface area contributed by atoms with Crippen molar-refractivity contribution >= 4 is 39.1 Å². The minimum Gasteiger partial charge on any atom is -0.481 e. The van der Waals surface area contributed by atoms with E-state index in [2.05, 4.69) is 21.2 Å². The van der Waals surface area contributed by atoms with Crippen molar-refractivity contribution < 1.29 is 9.53 Å². The molecule has 0 aliphatic rings. The van der Waals surface area contributed by atoms with Gasteiger partial charge in [0, 0.05) is 10.2 Å². The number of carbonyl (C=O) groups is 1. The lowest BCUT2D eigenvalue weighted by molar-refractivity contribution is -0.122. The molecular weight excluding hydrogens is 366 g/mol. The van der Waals surface area contributed by atoms with Gasteiger partial charge in [-0.05, 0) is 78.2 Å². The van der Waals surface area contributed by atoms with Gasteiger partial charge in [-0.3, -0.25) is 4.79 Å². The van der Waals surface area contributed by atoms with Crippen molar-refractivity contribution in [1.29, 1.82) is 0 Å². The molecule has 2 rings (SSSR count). The summed E-state index contributed by atoms with van der Waals surface area (Å²) in [7, 11) is 0. The second-order valence-electron chi connectivity index (χ2n) is 5.12. The molecule has 1 N–H and O–H groups in total. The zero-order valence-corrected chi connectivity index (χ0v) is 15.0. The van der Waals surface area contributed by atoms with Crippen molar-refractivity contribution in [3.8, 4) is 5.75 Å². The van der Waals surface area contributed by atoms with Crippen molar-refractivity contribution in [2.24, 2.45) is 0 Å². The number of benzene rings is 2. The number of nitrogens with one attached hydrogen (secondary N) is 1. The Kier molecular flexibility index (Phi) is 5.48. The van der Waals surface area contributed by atoms with Crippen LogP contribution in [0.2, 0.25) is 5.02 Å². The van der Waals surface area contributed by atoms with Crippen LogP contribution >= 0.6 is 27.5 Å². The lowest BCUT2D eigenvalue weighted by Crippen LogP contribution is -2.30. The van der Waals surface area contributed by atoms with Gasteiger partial charge in [0.1, 0.15) is 5.75 Å². The smallest absolute Gasteiger partial charge is 0.265 e. The Bertz CT molecular complexity index is 703. The van der Waals surface area contributed by atoms with Gasteiger partial charge in [-0.1, -0.05) is 17.7 Å². The van der Waals surface area contributed by atoms with E-state index in [1.165, 1.54) is 5.56 Å². The van der Waals surface area contributed by atoms with Gasteiger partial charge >= 0.3 is 0 Å². The number of anilines is 1. The fraction of sp³-hybridized carbons (Fsp3) is 0.235. The summed E-state index contributed by atoms with van der Waals surface area (Å²) in [6.07, 6.45) is -0.607. The van der Waals surface area contributed by atoms with Crippen LogP contribution in [0.25, 0.3) is 0 Å². The van der Waals surface area contributed by atoms with Crippen LogP contribution in [0.15, 0.2) is 40.9 Å². The van der Waals surface area contributed by atoms with E-state index in [4.69, 9.17) is 16.3 Å². The van der Waals surface area contributed by atoms with Crippen LogP contribution in [0.3, 0.4) is 0 Å². The first kappa shape index (κ1) is 16.8. The molecule has 0 aliphatic heterocycles. The number of aryl methyl sites for hydroxylation is 2. The number of hydrogen-bond donors (Lipinski definition) is 1. The van der Waals surface area contributed by atoms with E-state index in [1.807, 2.05) is 32.0 Å². The molecule has 2 aromatic carbocycles. The third kappa shape index (κ3) is 4.24. The van der Waals surface area contributed by atoms with Crippen molar-refractivity contribution in [1.82, 2.24) is 0 Å². The monoisotopic (exact) mass is 381 g/mol. The summed E-state index contributed by atoms with van der Waals surface area (Å²) < 4.78 is 6.47. The van der Waals surface area contributed by atoms with Crippen LogP contribution in [0.5, 0.6) is 5.75 Å². The first-order valence-corrected chi connectivity index (χ1v) is 8.03. The number of amides is 1. The minimum atomic E-state index is -0.607. The maximum Gasteiger partial charge on any atom is 0.265 e. The second-order valence-corrected chi connectivity index (χ2v) is 6.39. The van der Waals surface area contributed by atoms with Gasteiger partial charge in [0.15, 0.2) is 6.10 Å². The summed E-state index contributed by atoms with van der Waals surface area (Å²) in [4.78, 5) is 12.2. The molecule has 0 radical (unpaired) electrons. The Labute approximate surface area is 143 Å². The van der Waals surface area contributed by atoms with Crippen molar-refractivity contribution in [3.05, 3.63) is 57.0 Å². The quantitative estimate of drug-likeness (QED) is 0.796. The molecule has 5 heteroatoms. The molecule has 2 aromatic rings. The van der Waals surface area contributed by atoms with Crippen LogP contribution in [0.4, 0.5) is 5.69 Å². The van der Waals surface area contributed by atoms with Gasteiger partial charge in [0.25, 0.3) is 5.91 Å². The summed E-state index contributed by atoms with van der Waals surface area (Å²) in [6, 6.07) is 11.0. The van der Waals surface area contributed by atoms with Gasteiger partial charge in [-0.2, -0.15) is 0 Å². The van der Waals surface area contributed by atoms with E-state index in [0.717, 1.165) is 10.0 Å². The highest BCUT2D eigenvalue weighted by atomic mass is 79.9. The SMILES string of the molecule is Cc1ccc(O[C@H](C)C(=O)Nc2ccc(Br)c(Cl)c2)cc1C. The highest BCUT2D eigenvalue weighted by molar-refractivity contribution is 9.10. The number of hydrogen-bond acceptors (Lipinski definition) is 2. The Hall–Kier alpha value is -1.52. The van der Waals surface area contributed by atoms with Gasteiger partial charge in [-0.15, -0.1) is 0 Å². The molecule has 0 fully saturated rings. The van der Waals surface area contributed by atoms with Crippen molar-refractivity contribution in [2.75, 3.05) is 5.32 Å². The Balaban J connectivity index is 2.02. The number of ether oxygens (including phenoxy) is 1. The molecule has 0 aliphatic carbocycles. The third-order valence-electron chi connectivity index (χ3n) is 3.35. The van der Waals surface area contributed by atoms with Crippen LogP contribution < -0.4 is 10.1 Å². The van der Waals surface area contributed by atoms with Crippen molar-refractivity contribution in [3.63, 3.8) is 0 Å². The van der Waals surface area contributed by atoms with E-state index >= 15 is 0 Å². The first-order chi connectivity index (χ1) is 10.4. The minimum absolute atomic E-state index is 0.225. The molecule has 0 unspecified atom stereocenters.